The van der Waals surface area contributed by atoms with Crippen molar-refractivity contribution < 1.29 is 9.21 Å². The van der Waals surface area contributed by atoms with Gasteiger partial charge in [0, 0.05) is 11.9 Å². The number of nitrogens with one attached hydrogen (secondary N) is 1. The molecule has 1 amide bonds. The average Bonchev–Trinajstić information content (AvgIpc) is 3.30. The highest BCUT2D eigenvalue weighted by molar-refractivity contribution is 7.99. The van der Waals surface area contributed by atoms with Crippen LogP contribution in [-0.4, -0.2) is 31.4 Å². The number of carbonyl (C=O) groups is 1. The highest BCUT2D eigenvalue weighted by Crippen LogP contribution is 2.26. The minimum atomic E-state index is -0.105. The zero-order valence-electron chi connectivity index (χ0n) is 14.2. The average molecular weight is 367 g/mol. The molecular weight excluding hydrogens is 350 g/mol. The summed E-state index contributed by atoms with van der Waals surface area (Å²) in [5.74, 6) is 0.835. The predicted octanol–water partition coefficient (Wildman–Crippen LogP) is 3.00. The number of hydrogen-bond acceptors (Lipinski definition) is 6. The summed E-state index contributed by atoms with van der Waals surface area (Å²) in [6.07, 6.45) is 1.58. The zero-order valence-corrected chi connectivity index (χ0v) is 15.0. The maximum atomic E-state index is 12.0. The number of amides is 1. The van der Waals surface area contributed by atoms with E-state index in [0.717, 1.165) is 34.4 Å². The van der Waals surface area contributed by atoms with Crippen molar-refractivity contribution in [2.45, 2.75) is 25.2 Å². The summed E-state index contributed by atoms with van der Waals surface area (Å²) >= 11 is 1.27. The topological polar surface area (TPSA) is 85.8 Å². The molecule has 1 N–H and O–H groups in total. The number of thioether (sulfide) groups is 1. The molecule has 7 nitrogen and oxygen atoms in total. The molecule has 132 valence electrons. The van der Waals surface area contributed by atoms with Gasteiger partial charge in [-0.3, -0.25) is 4.79 Å². The van der Waals surface area contributed by atoms with Gasteiger partial charge in [-0.05, 0) is 25.1 Å². The Hall–Kier alpha value is -2.87. The van der Waals surface area contributed by atoms with Gasteiger partial charge in [0.15, 0.2) is 5.65 Å². The van der Waals surface area contributed by atoms with Crippen molar-refractivity contribution in [2.75, 3.05) is 5.75 Å². The van der Waals surface area contributed by atoms with Gasteiger partial charge in [0.2, 0.25) is 11.1 Å². The second-order valence-corrected chi connectivity index (χ2v) is 6.62. The van der Waals surface area contributed by atoms with Crippen molar-refractivity contribution in [3.8, 4) is 0 Å². The number of carbonyl (C=O) groups excluding carboxylic acids is 1. The summed E-state index contributed by atoms with van der Waals surface area (Å²) < 4.78 is 7.30. The molecule has 0 unspecified atom stereocenters. The van der Waals surface area contributed by atoms with Crippen molar-refractivity contribution in [2.24, 2.45) is 0 Å². The Bertz CT molecular complexity index is 1060. The van der Waals surface area contributed by atoms with Crippen LogP contribution in [-0.2, 0) is 17.9 Å². The fraction of sp³-hybridized carbons (Fsp3) is 0.222. The van der Waals surface area contributed by atoms with Crippen LogP contribution in [0.25, 0.3) is 22.1 Å². The summed E-state index contributed by atoms with van der Waals surface area (Å²) in [5.41, 5.74) is 2.67. The molecule has 0 saturated heterocycles. The molecule has 0 bridgehead atoms. The predicted molar refractivity (Wildman–Crippen MR) is 99.8 cm³/mol. The molecule has 0 radical (unpaired) electrons. The quantitative estimate of drug-likeness (QED) is 0.527. The molecule has 0 atom stereocenters. The van der Waals surface area contributed by atoms with E-state index in [1.54, 1.807) is 12.3 Å². The number of benzene rings is 1. The van der Waals surface area contributed by atoms with E-state index in [9.17, 15) is 4.79 Å². The van der Waals surface area contributed by atoms with Crippen LogP contribution >= 0.6 is 11.8 Å². The fourth-order valence-electron chi connectivity index (χ4n) is 2.85. The van der Waals surface area contributed by atoms with Gasteiger partial charge in [0.05, 0.1) is 24.1 Å². The van der Waals surface area contributed by atoms with Crippen molar-refractivity contribution in [3.05, 3.63) is 48.4 Å². The van der Waals surface area contributed by atoms with Crippen molar-refractivity contribution in [1.82, 2.24) is 25.1 Å². The Labute approximate surface area is 153 Å². The van der Waals surface area contributed by atoms with E-state index in [2.05, 4.69) is 38.1 Å². The van der Waals surface area contributed by atoms with E-state index in [4.69, 9.17) is 4.42 Å². The maximum absolute atomic E-state index is 12.0. The van der Waals surface area contributed by atoms with E-state index in [1.165, 1.54) is 11.8 Å². The number of furan rings is 1. The third kappa shape index (κ3) is 3.15. The van der Waals surface area contributed by atoms with E-state index < -0.39 is 0 Å². The van der Waals surface area contributed by atoms with Gasteiger partial charge in [0.25, 0.3) is 0 Å². The van der Waals surface area contributed by atoms with Crippen LogP contribution in [0.5, 0.6) is 0 Å². The summed E-state index contributed by atoms with van der Waals surface area (Å²) in [6, 6.07) is 11.7. The summed E-state index contributed by atoms with van der Waals surface area (Å²) in [6.45, 7) is 3.23. The Kier molecular flexibility index (Phi) is 4.57. The first kappa shape index (κ1) is 16.6. The van der Waals surface area contributed by atoms with E-state index in [0.29, 0.717) is 11.7 Å². The number of aryl methyl sites for hydroxylation is 1. The highest BCUT2D eigenvalue weighted by Gasteiger charge is 2.14. The zero-order chi connectivity index (χ0) is 17.9. The molecule has 0 spiro atoms. The minimum Gasteiger partial charge on any atom is -0.467 e. The first-order valence-electron chi connectivity index (χ1n) is 8.30. The fourth-order valence-corrected chi connectivity index (χ4v) is 3.46. The molecule has 0 aliphatic rings. The van der Waals surface area contributed by atoms with Crippen molar-refractivity contribution in [1.29, 1.82) is 0 Å². The number of rotatable bonds is 6. The van der Waals surface area contributed by atoms with Crippen LogP contribution in [0.2, 0.25) is 0 Å². The second kappa shape index (κ2) is 7.17. The van der Waals surface area contributed by atoms with Crippen LogP contribution in [0.15, 0.2) is 52.2 Å². The molecule has 0 fully saturated rings. The van der Waals surface area contributed by atoms with Crippen LogP contribution in [0, 0.1) is 0 Å². The van der Waals surface area contributed by atoms with Crippen LogP contribution in [0.4, 0.5) is 0 Å². The Morgan fingerprint density at radius 2 is 2.12 bits per heavy atom. The molecular formula is C18H17N5O2S. The number of nitrogens with zero attached hydrogens (tertiary/aromatic N) is 4. The minimum absolute atomic E-state index is 0.105. The lowest BCUT2D eigenvalue weighted by Crippen LogP contribution is -2.24. The lowest BCUT2D eigenvalue weighted by Gasteiger charge is -2.04. The van der Waals surface area contributed by atoms with Gasteiger partial charge in [-0.2, -0.15) is 0 Å². The molecule has 4 aromatic rings. The number of fused-ring (bicyclic) bond motifs is 3. The Balaban J connectivity index is 1.50. The lowest BCUT2D eigenvalue weighted by atomic mass is 10.2. The van der Waals surface area contributed by atoms with Crippen LogP contribution < -0.4 is 5.32 Å². The Morgan fingerprint density at radius 3 is 2.92 bits per heavy atom. The van der Waals surface area contributed by atoms with E-state index in [-0.39, 0.29) is 11.7 Å². The standard InChI is InChI=1S/C18H17N5O2S/c1-2-23-14-8-4-3-7-13(14)16-17(23)20-18(22-21-16)26-11-15(24)19-10-12-6-5-9-25-12/h3-9H,2,10-11H2,1H3,(H,19,24). The van der Waals surface area contributed by atoms with Gasteiger partial charge in [-0.15, -0.1) is 10.2 Å². The summed E-state index contributed by atoms with van der Waals surface area (Å²) in [4.78, 5) is 16.6. The molecule has 3 aromatic heterocycles. The van der Waals surface area contributed by atoms with Crippen LogP contribution in [0.1, 0.15) is 12.7 Å². The first-order chi connectivity index (χ1) is 12.8. The molecule has 0 aliphatic carbocycles. The van der Waals surface area contributed by atoms with E-state index in [1.807, 2.05) is 24.3 Å². The maximum Gasteiger partial charge on any atom is 0.230 e. The first-order valence-corrected chi connectivity index (χ1v) is 9.28. The third-order valence-corrected chi connectivity index (χ3v) is 4.88. The van der Waals surface area contributed by atoms with Gasteiger partial charge in [-0.1, -0.05) is 30.0 Å². The van der Waals surface area contributed by atoms with Gasteiger partial charge in [-0.25, -0.2) is 4.98 Å². The summed E-state index contributed by atoms with van der Waals surface area (Å²) in [7, 11) is 0. The van der Waals surface area contributed by atoms with Gasteiger partial charge in [0.1, 0.15) is 11.3 Å². The largest absolute Gasteiger partial charge is 0.467 e. The number of para-hydroxylation sites is 1. The normalized spacial score (nSPS) is 11.3. The molecule has 26 heavy (non-hydrogen) atoms. The summed E-state index contributed by atoms with van der Waals surface area (Å²) in [5, 5.41) is 12.8. The van der Waals surface area contributed by atoms with Crippen LogP contribution in [0.3, 0.4) is 0 Å². The SMILES string of the molecule is CCn1c2ccccc2c2nnc(SCC(=O)NCc3ccco3)nc21. The highest BCUT2D eigenvalue weighted by atomic mass is 32.2. The van der Waals surface area contributed by atoms with Gasteiger partial charge < -0.3 is 14.3 Å². The number of hydrogen-bond donors (Lipinski definition) is 1. The molecule has 4 rings (SSSR count). The monoisotopic (exact) mass is 367 g/mol. The molecule has 3 heterocycles. The third-order valence-electron chi connectivity index (χ3n) is 4.04. The molecule has 0 aliphatic heterocycles. The molecule has 8 heteroatoms. The van der Waals surface area contributed by atoms with Crippen molar-refractivity contribution in [3.63, 3.8) is 0 Å². The van der Waals surface area contributed by atoms with Crippen molar-refractivity contribution >= 4 is 39.7 Å². The molecule has 0 saturated carbocycles. The second-order valence-electron chi connectivity index (χ2n) is 5.67. The van der Waals surface area contributed by atoms with E-state index >= 15 is 0 Å². The van der Waals surface area contributed by atoms with Gasteiger partial charge >= 0.3 is 0 Å². The smallest absolute Gasteiger partial charge is 0.230 e. The Morgan fingerprint density at radius 1 is 1.23 bits per heavy atom. The number of aromatic nitrogens is 4. The lowest BCUT2D eigenvalue weighted by molar-refractivity contribution is -0.118. The molecule has 1 aromatic carbocycles.